The molecule has 0 spiro atoms. The third-order valence-corrected chi connectivity index (χ3v) is 2.83. The van der Waals surface area contributed by atoms with Gasteiger partial charge in [-0.1, -0.05) is 6.07 Å². The maximum Gasteiger partial charge on any atom is 0.416 e. The predicted octanol–water partition coefficient (Wildman–Crippen LogP) is 3.58. The standard InChI is InChI=1S/C13H13F3N2/c1-7-5-11(8(2)17)18-12-6-9(13(14,15)16)3-4-10(7)12/h3-6,8H,17H2,1-2H3. The molecule has 0 saturated carbocycles. The fourth-order valence-electron chi connectivity index (χ4n) is 1.84. The van der Waals surface area contributed by atoms with Crippen molar-refractivity contribution in [2.45, 2.75) is 26.1 Å². The van der Waals surface area contributed by atoms with E-state index in [1.54, 1.807) is 13.0 Å². The van der Waals surface area contributed by atoms with Gasteiger partial charge in [-0.25, -0.2) is 0 Å². The molecule has 2 aromatic rings. The van der Waals surface area contributed by atoms with Crippen LogP contribution in [-0.2, 0) is 6.18 Å². The molecule has 1 aromatic heterocycles. The van der Waals surface area contributed by atoms with Gasteiger partial charge in [0.25, 0.3) is 0 Å². The van der Waals surface area contributed by atoms with Gasteiger partial charge in [-0.15, -0.1) is 0 Å². The second-order valence-corrected chi connectivity index (χ2v) is 4.38. The molecular formula is C13H13F3N2. The van der Waals surface area contributed by atoms with Crippen LogP contribution < -0.4 is 5.73 Å². The first-order valence-corrected chi connectivity index (χ1v) is 5.53. The Morgan fingerprint density at radius 2 is 1.89 bits per heavy atom. The van der Waals surface area contributed by atoms with Crippen molar-refractivity contribution in [2.24, 2.45) is 5.73 Å². The third kappa shape index (κ3) is 2.31. The average Bonchev–Trinajstić information content (AvgIpc) is 2.26. The molecular weight excluding hydrogens is 241 g/mol. The van der Waals surface area contributed by atoms with Crippen molar-refractivity contribution in [3.63, 3.8) is 0 Å². The van der Waals surface area contributed by atoms with Gasteiger partial charge in [0.05, 0.1) is 16.8 Å². The van der Waals surface area contributed by atoms with Gasteiger partial charge in [0.1, 0.15) is 0 Å². The van der Waals surface area contributed by atoms with Crippen molar-refractivity contribution < 1.29 is 13.2 Å². The Balaban J connectivity index is 2.68. The van der Waals surface area contributed by atoms with Gasteiger partial charge >= 0.3 is 6.18 Å². The van der Waals surface area contributed by atoms with Crippen LogP contribution in [0.3, 0.4) is 0 Å². The number of aromatic nitrogens is 1. The first kappa shape index (κ1) is 12.8. The number of halogens is 3. The Morgan fingerprint density at radius 1 is 1.22 bits per heavy atom. The first-order valence-electron chi connectivity index (χ1n) is 5.53. The number of rotatable bonds is 1. The van der Waals surface area contributed by atoms with Crippen LogP contribution in [0.2, 0.25) is 0 Å². The van der Waals surface area contributed by atoms with Gasteiger partial charge in [-0.2, -0.15) is 13.2 Å². The summed E-state index contributed by atoms with van der Waals surface area (Å²) in [5.41, 5.74) is 6.82. The molecule has 0 bridgehead atoms. The lowest BCUT2D eigenvalue weighted by Gasteiger charge is -2.11. The zero-order valence-electron chi connectivity index (χ0n) is 10.0. The number of pyridine rings is 1. The maximum atomic E-state index is 12.6. The van der Waals surface area contributed by atoms with Crippen LogP contribution in [0.1, 0.15) is 29.8 Å². The van der Waals surface area contributed by atoms with E-state index in [2.05, 4.69) is 4.98 Å². The number of nitrogens with two attached hydrogens (primary N) is 1. The lowest BCUT2D eigenvalue weighted by atomic mass is 10.0. The molecule has 2 nitrogen and oxygen atoms in total. The maximum absolute atomic E-state index is 12.6. The van der Waals surface area contributed by atoms with Gasteiger partial charge in [0.2, 0.25) is 0 Å². The lowest BCUT2D eigenvalue weighted by Crippen LogP contribution is -2.09. The molecule has 0 radical (unpaired) electrons. The molecule has 1 atom stereocenters. The molecule has 1 heterocycles. The first-order chi connectivity index (χ1) is 8.29. The molecule has 1 unspecified atom stereocenters. The van der Waals surface area contributed by atoms with E-state index in [1.807, 2.05) is 6.92 Å². The summed E-state index contributed by atoms with van der Waals surface area (Å²) in [5.74, 6) is 0. The number of fused-ring (bicyclic) bond motifs is 1. The van der Waals surface area contributed by atoms with Crippen molar-refractivity contribution in [1.29, 1.82) is 0 Å². The average molecular weight is 254 g/mol. The van der Waals surface area contributed by atoms with Crippen LogP contribution in [0.4, 0.5) is 13.2 Å². The molecule has 0 aliphatic carbocycles. The Morgan fingerprint density at radius 3 is 2.44 bits per heavy atom. The number of hydrogen-bond donors (Lipinski definition) is 1. The number of aryl methyl sites for hydroxylation is 1. The Kier molecular flexibility index (Phi) is 3.02. The molecule has 2 N–H and O–H groups in total. The quantitative estimate of drug-likeness (QED) is 0.844. The van der Waals surface area contributed by atoms with Crippen LogP contribution in [0.25, 0.3) is 10.9 Å². The molecule has 0 saturated heterocycles. The summed E-state index contributed by atoms with van der Waals surface area (Å²) >= 11 is 0. The topological polar surface area (TPSA) is 38.9 Å². The number of hydrogen-bond acceptors (Lipinski definition) is 2. The van der Waals surface area contributed by atoms with Crippen LogP contribution in [0.15, 0.2) is 24.3 Å². The monoisotopic (exact) mass is 254 g/mol. The largest absolute Gasteiger partial charge is 0.416 e. The normalized spacial score (nSPS) is 13.9. The molecule has 2 rings (SSSR count). The molecule has 96 valence electrons. The van der Waals surface area contributed by atoms with Gasteiger partial charge in [-0.3, -0.25) is 4.98 Å². The van der Waals surface area contributed by atoms with Crippen LogP contribution in [0, 0.1) is 6.92 Å². The van der Waals surface area contributed by atoms with E-state index >= 15 is 0 Å². The van der Waals surface area contributed by atoms with E-state index in [1.165, 1.54) is 6.07 Å². The van der Waals surface area contributed by atoms with Crippen LogP contribution >= 0.6 is 0 Å². The minimum atomic E-state index is -4.35. The van der Waals surface area contributed by atoms with E-state index < -0.39 is 11.7 Å². The summed E-state index contributed by atoms with van der Waals surface area (Å²) < 4.78 is 37.9. The van der Waals surface area contributed by atoms with E-state index in [4.69, 9.17) is 5.73 Å². The molecule has 1 aromatic carbocycles. The molecule has 18 heavy (non-hydrogen) atoms. The molecule has 0 aliphatic heterocycles. The van der Waals surface area contributed by atoms with Gasteiger partial charge < -0.3 is 5.73 Å². The minimum Gasteiger partial charge on any atom is -0.323 e. The molecule has 0 aliphatic rings. The SMILES string of the molecule is Cc1cc(C(C)N)nc2cc(C(F)(F)F)ccc12. The number of benzene rings is 1. The highest BCUT2D eigenvalue weighted by Gasteiger charge is 2.30. The fourth-order valence-corrected chi connectivity index (χ4v) is 1.84. The highest BCUT2D eigenvalue weighted by Crippen LogP contribution is 2.32. The zero-order chi connectivity index (χ0) is 13.5. The predicted molar refractivity (Wildman–Crippen MR) is 64.1 cm³/mol. The summed E-state index contributed by atoms with van der Waals surface area (Å²) in [4.78, 5) is 4.18. The lowest BCUT2D eigenvalue weighted by molar-refractivity contribution is -0.137. The van der Waals surface area contributed by atoms with Gasteiger partial charge in [-0.05, 0) is 37.6 Å². The van der Waals surface area contributed by atoms with E-state index in [9.17, 15) is 13.2 Å². The van der Waals surface area contributed by atoms with Crippen molar-refractivity contribution >= 4 is 10.9 Å². The Bertz CT molecular complexity index is 589. The summed E-state index contributed by atoms with van der Waals surface area (Å²) in [6.45, 7) is 3.59. The van der Waals surface area contributed by atoms with Crippen LogP contribution in [0.5, 0.6) is 0 Å². The van der Waals surface area contributed by atoms with Crippen molar-refractivity contribution in [3.8, 4) is 0 Å². The summed E-state index contributed by atoms with van der Waals surface area (Å²) in [6.07, 6.45) is -4.35. The minimum absolute atomic E-state index is 0.303. The summed E-state index contributed by atoms with van der Waals surface area (Å²) in [5, 5.41) is 0.715. The van der Waals surface area contributed by atoms with E-state index in [0.29, 0.717) is 16.6 Å². The van der Waals surface area contributed by atoms with Crippen molar-refractivity contribution in [2.75, 3.05) is 0 Å². The number of alkyl halides is 3. The highest BCUT2D eigenvalue weighted by atomic mass is 19.4. The summed E-state index contributed by atoms with van der Waals surface area (Å²) in [7, 11) is 0. The zero-order valence-corrected chi connectivity index (χ0v) is 10.0. The van der Waals surface area contributed by atoms with Gasteiger partial charge in [0.15, 0.2) is 0 Å². The Hall–Kier alpha value is -1.62. The molecule has 5 heteroatoms. The third-order valence-electron chi connectivity index (χ3n) is 2.83. The smallest absolute Gasteiger partial charge is 0.323 e. The second kappa shape index (κ2) is 4.24. The van der Waals surface area contributed by atoms with E-state index in [-0.39, 0.29) is 6.04 Å². The van der Waals surface area contributed by atoms with Gasteiger partial charge in [0, 0.05) is 11.4 Å². The summed E-state index contributed by atoms with van der Waals surface area (Å²) in [6, 6.07) is 5.09. The van der Waals surface area contributed by atoms with Crippen LogP contribution in [-0.4, -0.2) is 4.98 Å². The molecule has 0 fully saturated rings. The highest BCUT2D eigenvalue weighted by molar-refractivity contribution is 5.83. The Labute approximate surface area is 103 Å². The number of nitrogens with zero attached hydrogens (tertiary/aromatic N) is 1. The van der Waals surface area contributed by atoms with Crippen molar-refractivity contribution in [1.82, 2.24) is 4.98 Å². The van der Waals surface area contributed by atoms with Crippen molar-refractivity contribution in [3.05, 3.63) is 41.1 Å². The second-order valence-electron chi connectivity index (χ2n) is 4.38. The fraction of sp³-hybridized carbons (Fsp3) is 0.308. The molecule has 0 amide bonds. The van der Waals surface area contributed by atoms with E-state index in [0.717, 1.165) is 17.7 Å².